The Hall–Kier alpha value is -1.79. The van der Waals surface area contributed by atoms with Crippen molar-refractivity contribution in [3.05, 3.63) is 0 Å². The van der Waals surface area contributed by atoms with Crippen LogP contribution in [-0.4, -0.2) is 43.4 Å². The van der Waals surface area contributed by atoms with Gasteiger partial charge in [0.1, 0.15) is 12.2 Å². The first-order valence-corrected chi connectivity index (χ1v) is 6.84. The van der Waals surface area contributed by atoms with E-state index in [9.17, 15) is 14.4 Å². The summed E-state index contributed by atoms with van der Waals surface area (Å²) in [5, 5.41) is 2.32. The second-order valence-corrected chi connectivity index (χ2v) is 5.66. The molecule has 0 aromatic rings. The molecule has 2 atom stereocenters. The first kappa shape index (κ1) is 19.2. The molecule has 0 aliphatic heterocycles. The van der Waals surface area contributed by atoms with Crippen LogP contribution in [0.3, 0.4) is 0 Å². The van der Waals surface area contributed by atoms with Crippen molar-refractivity contribution >= 4 is 18.0 Å². The fraction of sp³-hybridized carbons (Fsp3) is 0.786. The van der Waals surface area contributed by atoms with Crippen LogP contribution in [0.25, 0.3) is 0 Å². The molecule has 0 unspecified atom stereocenters. The average Bonchev–Trinajstić information content (AvgIpc) is 2.38. The minimum absolute atomic E-state index is 0.273. The maximum absolute atomic E-state index is 11.6. The van der Waals surface area contributed by atoms with Gasteiger partial charge in [0, 0.05) is 0 Å². The van der Waals surface area contributed by atoms with Crippen molar-refractivity contribution in [2.45, 2.75) is 52.7 Å². The number of ether oxygens (including phenoxy) is 3. The highest BCUT2D eigenvalue weighted by Crippen LogP contribution is 2.08. The van der Waals surface area contributed by atoms with Crippen LogP contribution < -0.4 is 5.32 Å². The first-order valence-electron chi connectivity index (χ1n) is 6.84. The highest BCUT2D eigenvalue weighted by molar-refractivity contribution is 5.82. The normalized spacial score (nSPS) is 13.8. The number of methoxy groups -OCH3 is 1. The highest BCUT2D eigenvalue weighted by Gasteiger charge is 2.27. The SMILES string of the molecule is CC[C@H](C)C(=O)OC[C@H](NC(=O)OC(C)(C)C)C(=O)OC. The summed E-state index contributed by atoms with van der Waals surface area (Å²) in [6.45, 7) is 8.36. The monoisotopic (exact) mass is 303 g/mol. The first-order chi connectivity index (χ1) is 9.60. The molecule has 1 N–H and O–H groups in total. The Labute approximate surface area is 125 Å². The van der Waals surface area contributed by atoms with Crippen LogP contribution in [0.4, 0.5) is 4.79 Å². The molecule has 21 heavy (non-hydrogen) atoms. The number of hydrogen-bond donors (Lipinski definition) is 1. The minimum atomic E-state index is -1.10. The van der Waals surface area contributed by atoms with Crippen LogP contribution in [0.2, 0.25) is 0 Å². The van der Waals surface area contributed by atoms with Gasteiger partial charge in [-0.3, -0.25) is 4.79 Å². The number of rotatable bonds is 6. The highest BCUT2D eigenvalue weighted by atomic mass is 16.6. The van der Waals surface area contributed by atoms with Crippen LogP contribution in [-0.2, 0) is 23.8 Å². The molecule has 0 aromatic carbocycles. The minimum Gasteiger partial charge on any atom is -0.467 e. The summed E-state index contributed by atoms with van der Waals surface area (Å²) in [6.07, 6.45) is -0.154. The van der Waals surface area contributed by atoms with Gasteiger partial charge in [-0.05, 0) is 27.2 Å². The van der Waals surface area contributed by atoms with Gasteiger partial charge in [-0.1, -0.05) is 13.8 Å². The smallest absolute Gasteiger partial charge is 0.408 e. The molecule has 0 rings (SSSR count). The topological polar surface area (TPSA) is 90.9 Å². The predicted octanol–water partition coefficient (Wildman–Crippen LogP) is 1.64. The van der Waals surface area contributed by atoms with Gasteiger partial charge in [-0.2, -0.15) is 0 Å². The van der Waals surface area contributed by atoms with Gasteiger partial charge in [0.2, 0.25) is 0 Å². The number of carbonyl (C=O) groups is 3. The van der Waals surface area contributed by atoms with Gasteiger partial charge >= 0.3 is 18.0 Å². The van der Waals surface area contributed by atoms with E-state index in [2.05, 4.69) is 10.1 Å². The summed E-state index contributed by atoms with van der Waals surface area (Å²) in [4.78, 5) is 34.8. The van der Waals surface area contributed by atoms with E-state index in [1.165, 1.54) is 7.11 Å². The molecule has 0 bridgehead atoms. The van der Waals surface area contributed by atoms with Crippen molar-refractivity contribution in [3.63, 3.8) is 0 Å². The van der Waals surface area contributed by atoms with Crippen molar-refractivity contribution < 1.29 is 28.6 Å². The molecular weight excluding hydrogens is 278 g/mol. The molecule has 0 fully saturated rings. The van der Waals surface area contributed by atoms with Gasteiger partial charge < -0.3 is 19.5 Å². The fourth-order valence-corrected chi connectivity index (χ4v) is 1.24. The van der Waals surface area contributed by atoms with E-state index >= 15 is 0 Å². The second kappa shape index (κ2) is 8.49. The van der Waals surface area contributed by atoms with E-state index < -0.39 is 29.7 Å². The van der Waals surface area contributed by atoms with E-state index in [1.807, 2.05) is 6.92 Å². The summed E-state index contributed by atoms with van der Waals surface area (Å²) in [7, 11) is 1.18. The lowest BCUT2D eigenvalue weighted by Gasteiger charge is -2.22. The Bertz CT molecular complexity index is 374. The zero-order valence-electron chi connectivity index (χ0n) is 13.5. The zero-order chi connectivity index (χ0) is 16.6. The van der Waals surface area contributed by atoms with Crippen LogP contribution in [0.1, 0.15) is 41.0 Å². The molecule has 1 amide bonds. The molecule has 0 saturated carbocycles. The maximum atomic E-state index is 11.6. The van der Waals surface area contributed by atoms with E-state index in [-0.39, 0.29) is 12.5 Å². The van der Waals surface area contributed by atoms with Crippen molar-refractivity contribution in [2.75, 3.05) is 13.7 Å². The maximum Gasteiger partial charge on any atom is 0.408 e. The number of carbonyl (C=O) groups excluding carboxylic acids is 3. The lowest BCUT2D eigenvalue weighted by molar-refractivity contribution is -0.153. The summed E-state index contributed by atoms with van der Waals surface area (Å²) < 4.78 is 14.6. The van der Waals surface area contributed by atoms with Crippen LogP contribution >= 0.6 is 0 Å². The molecule has 7 heteroatoms. The Kier molecular flexibility index (Phi) is 7.76. The molecule has 0 aliphatic carbocycles. The van der Waals surface area contributed by atoms with Crippen molar-refractivity contribution in [1.29, 1.82) is 0 Å². The molecule has 0 saturated heterocycles. The third-order valence-corrected chi connectivity index (χ3v) is 2.58. The summed E-state index contributed by atoms with van der Waals surface area (Å²) in [5.74, 6) is -1.42. The largest absolute Gasteiger partial charge is 0.467 e. The number of amides is 1. The Morgan fingerprint density at radius 3 is 2.14 bits per heavy atom. The van der Waals surface area contributed by atoms with E-state index in [0.29, 0.717) is 6.42 Å². The molecule has 122 valence electrons. The van der Waals surface area contributed by atoms with E-state index in [1.54, 1.807) is 27.7 Å². The lowest BCUT2D eigenvalue weighted by atomic mass is 10.1. The van der Waals surface area contributed by atoms with Gasteiger partial charge in [0.15, 0.2) is 6.04 Å². The third-order valence-electron chi connectivity index (χ3n) is 2.58. The summed E-state index contributed by atoms with van der Waals surface area (Å²) >= 11 is 0. The molecule has 0 aliphatic rings. The van der Waals surface area contributed by atoms with Crippen molar-refractivity contribution in [3.8, 4) is 0 Å². The van der Waals surface area contributed by atoms with E-state index in [0.717, 1.165) is 0 Å². The molecule has 0 spiro atoms. The number of nitrogens with one attached hydrogen (secondary N) is 1. The van der Waals surface area contributed by atoms with Gasteiger partial charge in [0.25, 0.3) is 0 Å². The molecule has 0 aromatic heterocycles. The third kappa shape index (κ3) is 8.16. The van der Waals surface area contributed by atoms with Crippen LogP contribution in [0.15, 0.2) is 0 Å². The van der Waals surface area contributed by atoms with Crippen molar-refractivity contribution in [2.24, 2.45) is 5.92 Å². The van der Waals surface area contributed by atoms with Gasteiger partial charge in [-0.25, -0.2) is 9.59 Å². The van der Waals surface area contributed by atoms with Crippen molar-refractivity contribution in [1.82, 2.24) is 5.32 Å². The zero-order valence-corrected chi connectivity index (χ0v) is 13.5. The predicted molar refractivity (Wildman–Crippen MR) is 75.6 cm³/mol. The molecule has 7 nitrogen and oxygen atoms in total. The van der Waals surface area contributed by atoms with E-state index in [4.69, 9.17) is 9.47 Å². The Morgan fingerprint density at radius 1 is 1.14 bits per heavy atom. The number of esters is 2. The lowest BCUT2D eigenvalue weighted by Crippen LogP contribution is -2.47. The quantitative estimate of drug-likeness (QED) is 0.592. The van der Waals surface area contributed by atoms with Crippen LogP contribution in [0, 0.1) is 5.92 Å². The Morgan fingerprint density at radius 2 is 1.71 bits per heavy atom. The average molecular weight is 303 g/mol. The number of hydrogen-bond acceptors (Lipinski definition) is 6. The van der Waals surface area contributed by atoms with Gasteiger partial charge in [-0.15, -0.1) is 0 Å². The number of alkyl carbamates (subject to hydrolysis) is 1. The summed E-state index contributed by atoms with van der Waals surface area (Å²) in [6, 6.07) is -1.10. The summed E-state index contributed by atoms with van der Waals surface area (Å²) in [5.41, 5.74) is -0.696. The molecular formula is C14H25NO6. The van der Waals surface area contributed by atoms with Crippen LogP contribution in [0.5, 0.6) is 0 Å². The fourth-order valence-electron chi connectivity index (χ4n) is 1.24. The standard InChI is InChI=1S/C14H25NO6/c1-7-9(2)11(16)20-8-10(12(17)19-6)15-13(18)21-14(3,4)5/h9-10H,7-8H2,1-6H3,(H,15,18)/t9-,10-/m0/s1. The molecule has 0 heterocycles. The second-order valence-electron chi connectivity index (χ2n) is 5.66. The van der Waals surface area contributed by atoms with Gasteiger partial charge in [0.05, 0.1) is 13.0 Å². The Balaban J connectivity index is 4.57. The molecule has 0 radical (unpaired) electrons.